The molecule has 0 saturated heterocycles. The third kappa shape index (κ3) is 3.55. The summed E-state index contributed by atoms with van der Waals surface area (Å²) < 4.78 is 39.1. The molecule has 0 heterocycles. The summed E-state index contributed by atoms with van der Waals surface area (Å²) in [6.45, 7) is 0. The minimum absolute atomic E-state index is 0.174. The third-order valence-electron chi connectivity index (χ3n) is 2.74. The Labute approximate surface area is 127 Å². The molecule has 3 nitrogen and oxygen atoms in total. The summed E-state index contributed by atoms with van der Waals surface area (Å²) in [7, 11) is 0. The number of benzene rings is 2. The quantitative estimate of drug-likeness (QED) is 0.786. The van der Waals surface area contributed by atoms with Crippen molar-refractivity contribution in [2.75, 3.05) is 11.1 Å². The molecule has 3 N–H and O–H groups in total. The minimum atomic E-state index is -4.54. The Bertz CT molecular complexity index is 686. The molecule has 0 atom stereocenters. The zero-order chi connectivity index (χ0) is 15.6. The van der Waals surface area contributed by atoms with E-state index < -0.39 is 17.6 Å². The average Bonchev–Trinajstić information content (AvgIpc) is 2.41. The number of halogens is 4. The summed E-state index contributed by atoms with van der Waals surface area (Å²) in [5.74, 6) is -0.661. The van der Waals surface area contributed by atoms with Gasteiger partial charge in [-0.15, -0.1) is 0 Å². The van der Waals surface area contributed by atoms with Crippen LogP contribution in [-0.4, -0.2) is 5.91 Å². The van der Waals surface area contributed by atoms with E-state index in [1.807, 2.05) is 0 Å². The first-order valence-corrected chi connectivity index (χ1v) is 6.61. The van der Waals surface area contributed by atoms with Gasteiger partial charge in [-0.05, 0) is 46.3 Å². The van der Waals surface area contributed by atoms with E-state index in [0.29, 0.717) is 10.2 Å². The molecule has 21 heavy (non-hydrogen) atoms. The first-order chi connectivity index (χ1) is 9.79. The lowest BCUT2D eigenvalue weighted by Crippen LogP contribution is -2.16. The highest BCUT2D eigenvalue weighted by Gasteiger charge is 2.33. The molecular formula is C14H10BrF3N2O. The van der Waals surface area contributed by atoms with Gasteiger partial charge in [0.05, 0.1) is 11.3 Å². The van der Waals surface area contributed by atoms with Gasteiger partial charge in [0, 0.05) is 15.7 Å². The van der Waals surface area contributed by atoms with Gasteiger partial charge in [0.15, 0.2) is 0 Å². The van der Waals surface area contributed by atoms with Crippen molar-refractivity contribution in [3.05, 3.63) is 58.1 Å². The maximum Gasteiger partial charge on any atom is 0.418 e. The van der Waals surface area contributed by atoms with Crippen molar-refractivity contribution in [2.24, 2.45) is 0 Å². The second-order valence-corrected chi connectivity index (χ2v) is 5.09. The predicted molar refractivity (Wildman–Crippen MR) is 78.0 cm³/mol. The molecule has 0 unspecified atom stereocenters. The number of para-hydroxylation sites is 1. The Balaban J connectivity index is 2.30. The average molecular weight is 359 g/mol. The molecule has 2 aromatic rings. The molecule has 7 heteroatoms. The van der Waals surface area contributed by atoms with Gasteiger partial charge < -0.3 is 11.1 Å². The predicted octanol–water partition coefficient (Wildman–Crippen LogP) is 4.30. The summed E-state index contributed by atoms with van der Waals surface area (Å²) in [5.41, 5.74) is 4.95. The molecule has 0 radical (unpaired) electrons. The molecule has 2 aromatic carbocycles. The molecular weight excluding hydrogens is 349 g/mol. The van der Waals surface area contributed by atoms with Gasteiger partial charge in [-0.25, -0.2) is 0 Å². The number of hydrogen-bond donors (Lipinski definition) is 2. The molecule has 0 spiro atoms. The molecule has 0 aliphatic rings. The fraction of sp³-hybridized carbons (Fsp3) is 0.0714. The van der Waals surface area contributed by atoms with Crippen molar-refractivity contribution in [1.29, 1.82) is 0 Å². The second-order valence-electron chi connectivity index (χ2n) is 4.23. The molecule has 0 aliphatic heterocycles. The van der Waals surface area contributed by atoms with E-state index in [1.165, 1.54) is 30.3 Å². The van der Waals surface area contributed by atoms with Crippen LogP contribution in [-0.2, 0) is 6.18 Å². The van der Waals surface area contributed by atoms with Crippen LogP contribution in [0.2, 0.25) is 0 Å². The van der Waals surface area contributed by atoms with Crippen LogP contribution in [0.5, 0.6) is 0 Å². The van der Waals surface area contributed by atoms with E-state index in [-0.39, 0.29) is 11.3 Å². The summed E-state index contributed by atoms with van der Waals surface area (Å²) in [6, 6.07) is 9.19. The van der Waals surface area contributed by atoms with Crippen LogP contribution in [0.3, 0.4) is 0 Å². The van der Waals surface area contributed by atoms with Crippen LogP contribution in [0.15, 0.2) is 46.9 Å². The number of nitrogen functional groups attached to an aromatic ring is 1. The lowest BCUT2D eigenvalue weighted by molar-refractivity contribution is -0.136. The van der Waals surface area contributed by atoms with Crippen LogP contribution in [0.4, 0.5) is 24.5 Å². The van der Waals surface area contributed by atoms with Crippen LogP contribution in [0, 0.1) is 0 Å². The monoisotopic (exact) mass is 358 g/mol. The number of hydrogen-bond acceptors (Lipinski definition) is 2. The first-order valence-electron chi connectivity index (χ1n) is 5.81. The van der Waals surface area contributed by atoms with E-state index in [1.54, 1.807) is 6.07 Å². The zero-order valence-corrected chi connectivity index (χ0v) is 12.1. The van der Waals surface area contributed by atoms with E-state index in [2.05, 4.69) is 21.2 Å². The number of amides is 1. The second kappa shape index (κ2) is 5.77. The number of carbonyl (C=O) groups is 1. The van der Waals surface area contributed by atoms with E-state index >= 15 is 0 Å². The Hall–Kier alpha value is -2.02. The van der Waals surface area contributed by atoms with Crippen molar-refractivity contribution in [1.82, 2.24) is 0 Å². The van der Waals surface area contributed by atoms with Crippen molar-refractivity contribution in [2.45, 2.75) is 6.18 Å². The molecule has 0 fully saturated rings. The lowest BCUT2D eigenvalue weighted by Gasteiger charge is -2.13. The van der Waals surface area contributed by atoms with Crippen LogP contribution in [0.25, 0.3) is 0 Å². The summed E-state index contributed by atoms with van der Waals surface area (Å²) >= 11 is 3.18. The maximum atomic E-state index is 12.8. The lowest BCUT2D eigenvalue weighted by atomic mass is 10.1. The number of alkyl halides is 3. The zero-order valence-electron chi connectivity index (χ0n) is 10.5. The van der Waals surface area contributed by atoms with Gasteiger partial charge in [-0.1, -0.05) is 12.1 Å². The normalized spacial score (nSPS) is 11.2. The first kappa shape index (κ1) is 15.4. The Morgan fingerprint density at radius 2 is 1.81 bits per heavy atom. The van der Waals surface area contributed by atoms with Crippen molar-refractivity contribution in [3.8, 4) is 0 Å². The minimum Gasteiger partial charge on any atom is -0.398 e. The van der Waals surface area contributed by atoms with Crippen molar-refractivity contribution < 1.29 is 18.0 Å². The van der Waals surface area contributed by atoms with E-state index in [4.69, 9.17) is 5.73 Å². The standard InChI is InChI=1S/C14H10BrF3N2O/c15-10-6-5-8(7-11(10)19)13(21)20-12-4-2-1-3-9(12)14(16,17)18/h1-7H,19H2,(H,20,21). The molecule has 0 saturated carbocycles. The Kier molecular flexibility index (Phi) is 4.22. The van der Waals surface area contributed by atoms with Crippen molar-refractivity contribution in [3.63, 3.8) is 0 Å². The number of nitrogens with two attached hydrogens (primary N) is 1. The van der Waals surface area contributed by atoms with Gasteiger partial charge in [-0.3, -0.25) is 4.79 Å². The number of anilines is 2. The largest absolute Gasteiger partial charge is 0.418 e. The Morgan fingerprint density at radius 1 is 1.14 bits per heavy atom. The highest BCUT2D eigenvalue weighted by molar-refractivity contribution is 9.10. The van der Waals surface area contributed by atoms with Crippen LogP contribution in [0.1, 0.15) is 15.9 Å². The highest BCUT2D eigenvalue weighted by Crippen LogP contribution is 2.34. The van der Waals surface area contributed by atoms with E-state index in [0.717, 1.165) is 6.07 Å². The van der Waals surface area contributed by atoms with Crippen LogP contribution >= 0.6 is 15.9 Å². The smallest absolute Gasteiger partial charge is 0.398 e. The summed E-state index contributed by atoms with van der Waals surface area (Å²) in [6.07, 6.45) is -4.54. The van der Waals surface area contributed by atoms with E-state index in [9.17, 15) is 18.0 Å². The van der Waals surface area contributed by atoms with Gasteiger partial charge in [0.25, 0.3) is 5.91 Å². The topological polar surface area (TPSA) is 55.1 Å². The third-order valence-corrected chi connectivity index (χ3v) is 3.46. The molecule has 0 aromatic heterocycles. The number of carbonyl (C=O) groups excluding carboxylic acids is 1. The summed E-state index contributed by atoms with van der Waals surface area (Å²) in [4.78, 5) is 12.0. The van der Waals surface area contributed by atoms with Gasteiger partial charge >= 0.3 is 6.18 Å². The fourth-order valence-electron chi connectivity index (χ4n) is 1.72. The molecule has 0 bridgehead atoms. The highest BCUT2D eigenvalue weighted by atomic mass is 79.9. The van der Waals surface area contributed by atoms with Gasteiger partial charge in [0.2, 0.25) is 0 Å². The SMILES string of the molecule is Nc1cc(C(=O)Nc2ccccc2C(F)(F)F)ccc1Br. The maximum absolute atomic E-state index is 12.8. The number of rotatable bonds is 2. The molecule has 2 rings (SSSR count). The summed E-state index contributed by atoms with van der Waals surface area (Å²) in [5, 5.41) is 2.25. The number of nitrogens with one attached hydrogen (secondary N) is 1. The van der Waals surface area contributed by atoms with Crippen LogP contribution < -0.4 is 11.1 Å². The molecule has 110 valence electrons. The fourth-order valence-corrected chi connectivity index (χ4v) is 1.97. The Morgan fingerprint density at radius 3 is 2.43 bits per heavy atom. The molecule has 0 aliphatic carbocycles. The van der Waals surface area contributed by atoms with Crippen molar-refractivity contribution >= 4 is 33.2 Å². The van der Waals surface area contributed by atoms with Gasteiger partial charge in [-0.2, -0.15) is 13.2 Å². The van der Waals surface area contributed by atoms with Gasteiger partial charge in [0.1, 0.15) is 0 Å². The molecule has 1 amide bonds.